The van der Waals surface area contributed by atoms with E-state index in [1.54, 1.807) is 0 Å². The van der Waals surface area contributed by atoms with Crippen molar-refractivity contribution in [2.24, 2.45) is 0 Å². The summed E-state index contributed by atoms with van der Waals surface area (Å²) < 4.78 is 31.4. The van der Waals surface area contributed by atoms with Gasteiger partial charge in [-0.25, -0.2) is 8.78 Å². The Hall–Kier alpha value is -1.94. The first-order chi connectivity index (χ1) is 10.1. The highest BCUT2D eigenvalue weighted by Gasteiger charge is 2.11. The van der Waals surface area contributed by atoms with Crippen molar-refractivity contribution in [3.05, 3.63) is 65.2 Å². The Kier molecular flexibility index (Phi) is 5.28. The summed E-state index contributed by atoms with van der Waals surface area (Å²) >= 11 is 0. The molecule has 0 saturated carbocycles. The molecule has 0 aliphatic carbocycles. The predicted octanol–water partition coefficient (Wildman–Crippen LogP) is 4.03. The highest BCUT2D eigenvalue weighted by atomic mass is 19.1. The van der Waals surface area contributed by atoms with Crippen LogP contribution in [0.2, 0.25) is 0 Å². The lowest BCUT2D eigenvalue weighted by Gasteiger charge is -2.13. The van der Waals surface area contributed by atoms with E-state index in [1.165, 1.54) is 11.6 Å². The average molecular weight is 292 g/mol. The molecule has 0 spiro atoms. The maximum absolute atomic E-state index is 13.4. The van der Waals surface area contributed by atoms with Crippen LogP contribution in [0.5, 0.6) is 5.75 Å². The van der Waals surface area contributed by atoms with E-state index in [-0.39, 0.29) is 12.4 Å². The molecule has 1 unspecified atom stereocenters. The Morgan fingerprint density at radius 2 is 1.81 bits per heavy atom. The van der Waals surface area contributed by atoms with Crippen LogP contribution in [-0.4, -0.2) is 11.7 Å². The van der Waals surface area contributed by atoms with Gasteiger partial charge in [0.05, 0.1) is 0 Å². The zero-order chi connectivity index (χ0) is 15.2. The molecular formula is C17H18F2O2. The first-order valence-corrected chi connectivity index (χ1v) is 6.95. The molecule has 2 aromatic rings. The van der Waals surface area contributed by atoms with E-state index in [1.807, 2.05) is 24.3 Å². The first-order valence-electron chi connectivity index (χ1n) is 6.95. The standard InChI is InChI=1S/C17H18F2O2/c1-2-3-12-4-6-13(7-5-12)16(20)11-21-17-9-8-14(18)10-15(17)19/h4-10,16,20H,2-3,11H2,1H3. The minimum atomic E-state index is -0.856. The van der Waals surface area contributed by atoms with Gasteiger partial charge in [-0.05, 0) is 29.7 Å². The first kappa shape index (κ1) is 15.4. The van der Waals surface area contributed by atoms with Crippen molar-refractivity contribution in [2.45, 2.75) is 25.9 Å². The molecule has 0 amide bonds. The van der Waals surface area contributed by atoms with E-state index in [2.05, 4.69) is 6.92 Å². The number of hydrogen-bond donors (Lipinski definition) is 1. The smallest absolute Gasteiger partial charge is 0.167 e. The van der Waals surface area contributed by atoms with Crippen LogP contribution in [0.3, 0.4) is 0 Å². The van der Waals surface area contributed by atoms with Gasteiger partial charge in [0.1, 0.15) is 18.5 Å². The van der Waals surface area contributed by atoms with E-state index < -0.39 is 17.7 Å². The topological polar surface area (TPSA) is 29.5 Å². The largest absolute Gasteiger partial charge is 0.487 e. The number of rotatable bonds is 6. The molecule has 21 heavy (non-hydrogen) atoms. The van der Waals surface area contributed by atoms with Gasteiger partial charge in [-0.3, -0.25) is 0 Å². The van der Waals surface area contributed by atoms with Crippen molar-refractivity contribution in [3.8, 4) is 5.75 Å². The number of aliphatic hydroxyl groups is 1. The minimum Gasteiger partial charge on any atom is -0.487 e. The summed E-state index contributed by atoms with van der Waals surface area (Å²) in [6.45, 7) is 2.02. The third kappa shape index (κ3) is 4.26. The molecule has 2 rings (SSSR count). The Morgan fingerprint density at radius 1 is 1.10 bits per heavy atom. The van der Waals surface area contributed by atoms with E-state index in [9.17, 15) is 13.9 Å². The second kappa shape index (κ2) is 7.18. The van der Waals surface area contributed by atoms with Crippen LogP contribution in [0.4, 0.5) is 8.78 Å². The molecule has 1 atom stereocenters. The van der Waals surface area contributed by atoms with Gasteiger partial charge in [0.15, 0.2) is 11.6 Å². The molecule has 0 aromatic heterocycles. The molecule has 0 fully saturated rings. The van der Waals surface area contributed by atoms with Gasteiger partial charge in [0, 0.05) is 6.07 Å². The second-order valence-electron chi connectivity index (χ2n) is 4.89. The summed E-state index contributed by atoms with van der Waals surface area (Å²) in [5, 5.41) is 10.0. The van der Waals surface area contributed by atoms with E-state index >= 15 is 0 Å². The Morgan fingerprint density at radius 3 is 2.43 bits per heavy atom. The zero-order valence-electron chi connectivity index (χ0n) is 11.9. The van der Waals surface area contributed by atoms with Crippen LogP contribution < -0.4 is 4.74 Å². The number of halogens is 2. The van der Waals surface area contributed by atoms with Crippen molar-refractivity contribution in [2.75, 3.05) is 6.61 Å². The highest BCUT2D eigenvalue weighted by Crippen LogP contribution is 2.21. The molecule has 0 bridgehead atoms. The van der Waals surface area contributed by atoms with Crippen molar-refractivity contribution < 1.29 is 18.6 Å². The lowest BCUT2D eigenvalue weighted by Crippen LogP contribution is -2.10. The summed E-state index contributed by atoms with van der Waals surface area (Å²) in [6, 6.07) is 10.7. The van der Waals surface area contributed by atoms with Crippen LogP contribution in [0.1, 0.15) is 30.6 Å². The van der Waals surface area contributed by atoms with E-state index in [0.717, 1.165) is 25.0 Å². The molecule has 4 heteroatoms. The minimum absolute atomic E-state index is 0.0712. The maximum atomic E-state index is 13.4. The third-order valence-electron chi connectivity index (χ3n) is 3.19. The lowest BCUT2D eigenvalue weighted by molar-refractivity contribution is 0.106. The molecule has 0 heterocycles. The van der Waals surface area contributed by atoms with Gasteiger partial charge >= 0.3 is 0 Å². The monoisotopic (exact) mass is 292 g/mol. The van der Waals surface area contributed by atoms with Crippen LogP contribution in [-0.2, 0) is 6.42 Å². The van der Waals surface area contributed by atoms with Gasteiger partial charge in [-0.15, -0.1) is 0 Å². The Labute approximate surface area is 123 Å². The van der Waals surface area contributed by atoms with E-state index in [4.69, 9.17) is 4.74 Å². The molecule has 112 valence electrons. The van der Waals surface area contributed by atoms with Gasteiger partial charge in [-0.2, -0.15) is 0 Å². The molecule has 2 nitrogen and oxygen atoms in total. The summed E-state index contributed by atoms with van der Waals surface area (Å²) in [6.07, 6.45) is 1.20. The number of aryl methyl sites for hydroxylation is 1. The number of aliphatic hydroxyl groups excluding tert-OH is 1. The number of benzene rings is 2. The van der Waals surface area contributed by atoms with Gasteiger partial charge in [0.25, 0.3) is 0 Å². The van der Waals surface area contributed by atoms with Crippen LogP contribution in [0, 0.1) is 11.6 Å². The fourth-order valence-electron chi connectivity index (χ4n) is 2.05. The van der Waals surface area contributed by atoms with Crippen LogP contribution in [0.25, 0.3) is 0 Å². The normalized spacial score (nSPS) is 12.2. The quantitative estimate of drug-likeness (QED) is 0.871. The van der Waals surface area contributed by atoms with Gasteiger partial charge in [0.2, 0.25) is 0 Å². The average Bonchev–Trinajstić information content (AvgIpc) is 2.47. The van der Waals surface area contributed by atoms with Crippen molar-refractivity contribution in [1.82, 2.24) is 0 Å². The predicted molar refractivity (Wildman–Crippen MR) is 77.2 cm³/mol. The molecule has 0 aliphatic rings. The van der Waals surface area contributed by atoms with E-state index in [0.29, 0.717) is 5.56 Å². The van der Waals surface area contributed by atoms with Crippen molar-refractivity contribution in [3.63, 3.8) is 0 Å². The molecular weight excluding hydrogens is 274 g/mol. The molecule has 0 saturated heterocycles. The SMILES string of the molecule is CCCc1ccc(C(O)COc2ccc(F)cc2F)cc1. The zero-order valence-corrected chi connectivity index (χ0v) is 11.9. The number of hydrogen-bond acceptors (Lipinski definition) is 2. The molecule has 0 radical (unpaired) electrons. The maximum Gasteiger partial charge on any atom is 0.167 e. The van der Waals surface area contributed by atoms with Gasteiger partial charge in [-0.1, -0.05) is 37.6 Å². The fraction of sp³-hybridized carbons (Fsp3) is 0.294. The molecule has 1 N–H and O–H groups in total. The third-order valence-corrected chi connectivity index (χ3v) is 3.19. The Bertz CT molecular complexity index is 582. The lowest BCUT2D eigenvalue weighted by atomic mass is 10.0. The fourth-order valence-corrected chi connectivity index (χ4v) is 2.05. The van der Waals surface area contributed by atoms with Crippen LogP contribution in [0.15, 0.2) is 42.5 Å². The summed E-state index contributed by atoms with van der Waals surface area (Å²) in [5.41, 5.74) is 1.91. The molecule has 0 aliphatic heterocycles. The van der Waals surface area contributed by atoms with Gasteiger partial charge < -0.3 is 9.84 Å². The molecule has 2 aromatic carbocycles. The number of ether oxygens (including phenoxy) is 1. The van der Waals surface area contributed by atoms with Crippen LogP contribution >= 0.6 is 0 Å². The second-order valence-corrected chi connectivity index (χ2v) is 4.89. The van der Waals surface area contributed by atoms with Crippen molar-refractivity contribution in [1.29, 1.82) is 0 Å². The summed E-state index contributed by atoms with van der Waals surface area (Å²) in [5.74, 6) is -1.51. The summed E-state index contributed by atoms with van der Waals surface area (Å²) in [4.78, 5) is 0. The Balaban J connectivity index is 1.96. The summed E-state index contributed by atoms with van der Waals surface area (Å²) in [7, 11) is 0. The highest BCUT2D eigenvalue weighted by molar-refractivity contribution is 5.26. The van der Waals surface area contributed by atoms with Crippen molar-refractivity contribution >= 4 is 0 Å².